The number of thiazole rings is 1. The number of Topliss-reactive ketones (excluding diaryl/α,β-unsaturated/α-hetero) is 1. The quantitative estimate of drug-likeness (QED) is 0.581. The number of hydrogen-bond donors (Lipinski definition) is 2. The maximum absolute atomic E-state index is 13.6. The smallest absolute Gasteiger partial charge is 0.251 e. The predicted molar refractivity (Wildman–Crippen MR) is 146 cm³/mol. The van der Waals surface area contributed by atoms with Gasteiger partial charge in [-0.1, -0.05) is 32.9 Å². The highest BCUT2D eigenvalue weighted by atomic mass is 32.1. The van der Waals surface area contributed by atoms with E-state index < -0.39 is 29.6 Å². The first-order valence-corrected chi connectivity index (χ1v) is 13.9. The van der Waals surface area contributed by atoms with Crippen molar-refractivity contribution in [1.82, 2.24) is 20.1 Å². The number of aromatic nitrogens is 1. The second-order valence-electron chi connectivity index (χ2n) is 11.5. The highest BCUT2D eigenvalue weighted by Crippen LogP contribution is 2.31. The number of carbonyl (C=O) groups is 3. The van der Waals surface area contributed by atoms with Crippen LogP contribution < -0.4 is 16.0 Å². The molecule has 0 saturated carbocycles. The van der Waals surface area contributed by atoms with Crippen LogP contribution in [0.4, 0.5) is 5.13 Å². The molecule has 3 saturated heterocycles. The van der Waals surface area contributed by atoms with Gasteiger partial charge in [0, 0.05) is 49.2 Å². The van der Waals surface area contributed by atoms with Gasteiger partial charge < -0.3 is 30.5 Å². The molecule has 0 unspecified atom stereocenters. The Hall–Kier alpha value is -2.86. The largest absolute Gasteiger partial charge is 0.366 e. The van der Waals surface area contributed by atoms with Gasteiger partial charge in [-0.15, -0.1) is 11.3 Å². The second-order valence-corrected chi connectivity index (χ2v) is 12.3. The van der Waals surface area contributed by atoms with E-state index in [9.17, 15) is 14.4 Å². The molecule has 4 atom stereocenters. The van der Waals surface area contributed by atoms with E-state index in [-0.39, 0.29) is 30.7 Å². The molecule has 2 aromatic rings. The summed E-state index contributed by atoms with van der Waals surface area (Å²) in [5, 5.41) is 5.97. The van der Waals surface area contributed by atoms with E-state index in [4.69, 9.17) is 15.5 Å². The molecule has 3 N–H and O–H groups in total. The highest BCUT2D eigenvalue weighted by molar-refractivity contribution is 7.14. The Morgan fingerprint density at radius 3 is 2.50 bits per heavy atom. The summed E-state index contributed by atoms with van der Waals surface area (Å²) in [7, 11) is 2.13. The minimum absolute atomic E-state index is 0.0401. The third-order valence-electron chi connectivity index (χ3n) is 7.60. The van der Waals surface area contributed by atoms with Gasteiger partial charge in [0.2, 0.25) is 5.91 Å². The first-order chi connectivity index (χ1) is 18.0. The van der Waals surface area contributed by atoms with Crippen LogP contribution in [0.15, 0.2) is 29.6 Å². The average molecular weight is 541 g/mol. The number of ketones is 1. The maximum atomic E-state index is 13.6. The highest BCUT2D eigenvalue weighted by Gasteiger charge is 2.53. The fourth-order valence-electron chi connectivity index (χ4n) is 5.28. The Morgan fingerprint density at radius 1 is 1.16 bits per heavy atom. The molecule has 0 aliphatic carbocycles. The van der Waals surface area contributed by atoms with Crippen LogP contribution in [0, 0.1) is 5.41 Å². The van der Waals surface area contributed by atoms with E-state index >= 15 is 0 Å². The second kappa shape index (κ2) is 10.4. The van der Waals surface area contributed by atoms with Gasteiger partial charge in [0.25, 0.3) is 5.91 Å². The zero-order chi connectivity index (χ0) is 27.2. The van der Waals surface area contributed by atoms with E-state index in [1.165, 1.54) is 4.90 Å². The minimum atomic E-state index is -0.835. The van der Waals surface area contributed by atoms with Crippen molar-refractivity contribution in [2.24, 2.45) is 11.1 Å². The number of anilines is 1. The molecule has 2 amide bonds. The number of carbonyl (C=O) groups excluding carboxylic acids is 3. The number of nitrogens with two attached hydrogens (primary N) is 1. The third-order valence-corrected chi connectivity index (χ3v) is 8.51. The summed E-state index contributed by atoms with van der Waals surface area (Å²) in [6.45, 7) is 9.81. The molecule has 0 spiro atoms. The number of amides is 2. The van der Waals surface area contributed by atoms with Gasteiger partial charge in [-0.05, 0) is 24.6 Å². The van der Waals surface area contributed by atoms with Crippen LogP contribution in [0.1, 0.15) is 31.1 Å². The molecule has 11 heteroatoms. The molecule has 4 heterocycles. The topological polar surface area (TPSA) is 121 Å². The number of piperazine rings is 1. The molecular weight excluding hydrogens is 504 g/mol. The van der Waals surface area contributed by atoms with Crippen LogP contribution >= 0.6 is 11.3 Å². The minimum Gasteiger partial charge on any atom is -0.366 e. The van der Waals surface area contributed by atoms with Crippen LogP contribution in [0.2, 0.25) is 0 Å². The zero-order valence-corrected chi connectivity index (χ0v) is 23.2. The first-order valence-electron chi connectivity index (χ1n) is 13.0. The van der Waals surface area contributed by atoms with Crippen molar-refractivity contribution < 1.29 is 19.1 Å². The molecule has 204 valence electrons. The van der Waals surface area contributed by atoms with Gasteiger partial charge in [0.1, 0.15) is 24.8 Å². The number of likely N-dealkylation sites (tertiary alicyclic amines) is 1. The van der Waals surface area contributed by atoms with Crippen molar-refractivity contribution in [1.29, 1.82) is 0 Å². The number of nitrogens with zero attached hydrogens (tertiary/aromatic N) is 4. The van der Waals surface area contributed by atoms with Crippen molar-refractivity contribution >= 4 is 34.1 Å². The van der Waals surface area contributed by atoms with Crippen molar-refractivity contribution in [2.45, 2.75) is 45.0 Å². The molecule has 1 aromatic heterocycles. The number of nitrogens with one attached hydrogen (secondary N) is 1. The first kappa shape index (κ1) is 26.7. The molecule has 1 aromatic carbocycles. The molecule has 38 heavy (non-hydrogen) atoms. The van der Waals surface area contributed by atoms with Gasteiger partial charge in [-0.2, -0.15) is 0 Å². The average Bonchev–Trinajstić information content (AvgIpc) is 3.60. The standard InChI is InChI=1S/C27H36N6O4S/c1-27(2,3)23(25(36)33-13-18(28)22-21(33)20(34)14-37-22)30-24(35)17-7-5-16(6-8-17)19-15-38-26(29-19)32-11-9-31(4)10-12-32/h5-8,15,18,21-23H,9-14,28H2,1-4H3,(H,30,35)/t18-,21+,22-,23+/m0/s1. The molecule has 10 nitrogen and oxygen atoms in total. The molecule has 3 aliphatic rings. The van der Waals surface area contributed by atoms with E-state index in [1.807, 2.05) is 38.3 Å². The lowest BCUT2D eigenvalue weighted by molar-refractivity contribution is -0.140. The normalized spacial score (nSPS) is 25.0. The fraction of sp³-hybridized carbons (Fsp3) is 0.556. The van der Waals surface area contributed by atoms with Gasteiger partial charge in [-0.25, -0.2) is 4.98 Å². The summed E-state index contributed by atoms with van der Waals surface area (Å²) in [5.74, 6) is -0.817. The van der Waals surface area contributed by atoms with E-state index in [0.29, 0.717) is 5.56 Å². The zero-order valence-electron chi connectivity index (χ0n) is 22.3. The van der Waals surface area contributed by atoms with Gasteiger partial charge in [0.15, 0.2) is 10.9 Å². The number of benzene rings is 1. The number of fused-ring (bicyclic) bond motifs is 1. The third kappa shape index (κ3) is 5.20. The van der Waals surface area contributed by atoms with Crippen LogP contribution in [-0.2, 0) is 14.3 Å². The Bertz CT molecular complexity index is 1200. The number of ether oxygens (including phenoxy) is 1. The van der Waals surface area contributed by atoms with Crippen LogP contribution in [0.25, 0.3) is 11.3 Å². The van der Waals surface area contributed by atoms with Gasteiger partial charge in [-0.3, -0.25) is 14.4 Å². The molecule has 3 aliphatic heterocycles. The summed E-state index contributed by atoms with van der Waals surface area (Å²) in [5.41, 5.74) is 7.82. The van der Waals surface area contributed by atoms with Crippen LogP contribution in [0.5, 0.6) is 0 Å². The molecule has 0 bridgehead atoms. The van der Waals surface area contributed by atoms with Crippen LogP contribution in [-0.4, -0.2) is 103 Å². The Balaban J connectivity index is 1.28. The summed E-state index contributed by atoms with van der Waals surface area (Å²) in [4.78, 5) is 50.2. The SMILES string of the molecule is CN1CCN(c2nc(-c3ccc(C(=O)N[C@H](C(=O)N4C[C@H](N)[C@@H]5OCC(=O)[C@H]54)C(C)(C)C)cc3)cs2)CC1. The van der Waals surface area contributed by atoms with E-state index in [0.717, 1.165) is 42.6 Å². The van der Waals surface area contributed by atoms with Gasteiger partial charge >= 0.3 is 0 Å². The summed E-state index contributed by atoms with van der Waals surface area (Å²) < 4.78 is 5.52. The fourth-order valence-corrected chi connectivity index (χ4v) is 6.17. The van der Waals surface area contributed by atoms with Crippen molar-refractivity contribution in [3.8, 4) is 11.3 Å². The lowest BCUT2D eigenvalue weighted by Crippen LogP contribution is -2.57. The summed E-state index contributed by atoms with van der Waals surface area (Å²) in [6, 6.07) is 5.31. The van der Waals surface area contributed by atoms with Gasteiger partial charge in [0.05, 0.1) is 11.7 Å². The molecule has 0 radical (unpaired) electrons. The molecule has 3 fully saturated rings. The molecular formula is C27H36N6O4S. The number of rotatable bonds is 5. The summed E-state index contributed by atoms with van der Waals surface area (Å²) >= 11 is 1.63. The van der Waals surface area contributed by atoms with Crippen LogP contribution in [0.3, 0.4) is 0 Å². The predicted octanol–water partition coefficient (Wildman–Crippen LogP) is 1.21. The van der Waals surface area contributed by atoms with E-state index in [2.05, 4.69) is 22.2 Å². The summed E-state index contributed by atoms with van der Waals surface area (Å²) in [6.07, 6.45) is -0.488. The van der Waals surface area contributed by atoms with Crippen molar-refractivity contribution in [3.63, 3.8) is 0 Å². The van der Waals surface area contributed by atoms with Crippen molar-refractivity contribution in [3.05, 3.63) is 35.2 Å². The number of hydrogen-bond acceptors (Lipinski definition) is 9. The Kier molecular flexibility index (Phi) is 7.29. The maximum Gasteiger partial charge on any atom is 0.251 e. The lowest BCUT2D eigenvalue weighted by Gasteiger charge is -2.35. The van der Waals surface area contributed by atoms with E-state index in [1.54, 1.807) is 23.5 Å². The monoisotopic (exact) mass is 540 g/mol. The number of likely N-dealkylation sites (N-methyl/N-ethyl adjacent to an activating group) is 1. The Morgan fingerprint density at radius 2 is 1.84 bits per heavy atom. The molecule has 5 rings (SSSR count). The lowest BCUT2D eigenvalue weighted by atomic mass is 9.85. The van der Waals surface area contributed by atoms with Crippen molar-refractivity contribution in [2.75, 3.05) is 51.3 Å². The Labute approximate surface area is 227 Å².